The van der Waals surface area contributed by atoms with Gasteiger partial charge < -0.3 is 9.73 Å². The van der Waals surface area contributed by atoms with Crippen LogP contribution in [0.4, 0.5) is 5.69 Å². The Kier molecular flexibility index (Phi) is 4.65. The molecule has 0 spiro atoms. The zero-order valence-corrected chi connectivity index (χ0v) is 14.3. The van der Waals surface area contributed by atoms with Crippen LogP contribution in [0, 0.1) is 13.8 Å². The number of hydrogen-bond donors (Lipinski definition) is 1. The fourth-order valence-electron chi connectivity index (χ4n) is 2.83. The number of anilines is 1. The van der Waals surface area contributed by atoms with Crippen molar-refractivity contribution in [3.63, 3.8) is 0 Å². The molecule has 0 fully saturated rings. The summed E-state index contributed by atoms with van der Waals surface area (Å²) >= 11 is 0. The lowest BCUT2D eigenvalue weighted by Gasteiger charge is -2.05. The number of benzene rings is 2. The molecular formula is C20H22N2O2. The summed E-state index contributed by atoms with van der Waals surface area (Å²) in [6.07, 6.45) is 2.03. The molecule has 4 nitrogen and oxygen atoms in total. The van der Waals surface area contributed by atoms with Gasteiger partial charge in [0.05, 0.1) is 0 Å². The second kappa shape index (κ2) is 6.87. The second-order valence-corrected chi connectivity index (χ2v) is 6.21. The first-order chi connectivity index (χ1) is 11.5. The van der Waals surface area contributed by atoms with Gasteiger partial charge >= 0.3 is 0 Å². The van der Waals surface area contributed by atoms with E-state index in [1.54, 1.807) is 0 Å². The maximum Gasteiger partial charge on any atom is 0.224 e. The van der Waals surface area contributed by atoms with Crippen LogP contribution in [0.2, 0.25) is 0 Å². The number of nitrogens with one attached hydrogen (secondary N) is 1. The zero-order valence-electron chi connectivity index (χ0n) is 14.3. The van der Waals surface area contributed by atoms with Crippen molar-refractivity contribution in [1.29, 1.82) is 0 Å². The van der Waals surface area contributed by atoms with E-state index in [-0.39, 0.29) is 5.91 Å². The van der Waals surface area contributed by atoms with E-state index in [2.05, 4.69) is 23.3 Å². The number of rotatable bonds is 5. The van der Waals surface area contributed by atoms with Gasteiger partial charge in [-0.15, -0.1) is 0 Å². The average Bonchev–Trinajstić information content (AvgIpc) is 2.92. The van der Waals surface area contributed by atoms with Gasteiger partial charge in [0.25, 0.3) is 0 Å². The monoisotopic (exact) mass is 322 g/mol. The average molecular weight is 322 g/mol. The number of aryl methyl sites for hydroxylation is 2. The van der Waals surface area contributed by atoms with Gasteiger partial charge in [-0.1, -0.05) is 25.1 Å². The molecule has 0 saturated heterocycles. The van der Waals surface area contributed by atoms with E-state index >= 15 is 0 Å². The first-order valence-corrected chi connectivity index (χ1v) is 8.30. The van der Waals surface area contributed by atoms with Gasteiger partial charge in [-0.2, -0.15) is 0 Å². The third kappa shape index (κ3) is 3.65. The fourth-order valence-corrected chi connectivity index (χ4v) is 2.83. The Morgan fingerprint density at radius 3 is 2.62 bits per heavy atom. The van der Waals surface area contributed by atoms with Crippen LogP contribution >= 0.6 is 0 Å². The largest absolute Gasteiger partial charge is 0.440 e. The Morgan fingerprint density at radius 2 is 1.92 bits per heavy atom. The van der Waals surface area contributed by atoms with Gasteiger partial charge in [-0.25, -0.2) is 4.98 Å². The molecule has 4 heteroatoms. The van der Waals surface area contributed by atoms with Crippen LogP contribution in [0.25, 0.3) is 11.1 Å². The van der Waals surface area contributed by atoms with Crippen LogP contribution in [0.1, 0.15) is 42.3 Å². The molecule has 0 saturated carbocycles. The van der Waals surface area contributed by atoms with Crippen molar-refractivity contribution in [3.8, 4) is 0 Å². The van der Waals surface area contributed by atoms with Crippen molar-refractivity contribution >= 4 is 22.7 Å². The summed E-state index contributed by atoms with van der Waals surface area (Å²) < 4.78 is 5.90. The number of nitrogens with zero attached hydrogens (tertiary/aromatic N) is 1. The highest BCUT2D eigenvalue weighted by Crippen LogP contribution is 2.23. The highest BCUT2D eigenvalue weighted by molar-refractivity contribution is 5.90. The maximum absolute atomic E-state index is 11.6. The lowest BCUT2D eigenvalue weighted by Crippen LogP contribution is -2.10. The first-order valence-electron chi connectivity index (χ1n) is 8.30. The number of carbonyl (C=O) groups is 1. The zero-order chi connectivity index (χ0) is 17.1. The van der Waals surface area contributed by atoms with Crippen molar-refractivity contribution in [1.82, 2.24) is 4.98 Å². The van der Waals surface area contributed by atoms with Gasteiger partial charge in [0, 0.05) is 18.5 Å². The number of hydrogen-bond acceptors (Lipinski definition) is 3. The van der Waals surface area contributed by atoms with E-state index in [0.717, 1.165) is 34.3 Å². The van der Waals surface area contributed by atoms with E-state index in [4.69, 9.17) is 4.42 Å². The SMILES string of the molecule is CCCC(=O)Nc1ccc(Cc2nc3cc(C)cc(C)c3o2)cc1. The number of oxazole rings is 1. The van der Waals surface area contributed by atoms with Crippen LogP contribution in [0.5, 0.6) is 0 Å². The second-order valence-electron chi connectivity index (χ2n) is 6.21. The van der Waals surface area contributed by atoms with Crippen LogP contribution in [-0.2, 0) is 11.2 Å². The van der Waals surface area contributed by atoms with Crippen LogP contribution in [0.15, 0.2) is 40.8 Å². The summed E-state index contributed by atoms with van der Waals surface area (Å²) in [6, 6.07) is 12.0. The van der Waals surface area contributed by atoms with Crippen LogP contribution in [-0.4, -0.2) is 10.9 Å². The summed E-state index contributed by atoms with van der Waals surface area (Å²) in [5.41, 5.74) is 5.99. The van der Waals surface area contributed by atoms with Crippen LogP contribution in [0.3, 0.4) is 0 Å². The summed E-state index contributed by atoms with van der Waals surface area (Å²) in [6.45, 7) is 6.09. The predicted octanol–water partition coefficient (Wildman–Crippen LogP) is 4.77. The molecule has 0 bridgehead atoms. The fraction of sp³-hybridized carbons (Fsp3) is 0.300. The van der Waals surface area contributed by atoms with E-state index in [0.29, 0.717) is 18.7 Å². The van der Waals surface area contributed by atoms with Crippen LogP contribution < -0.4 is 5.32 Å². The minimum Gasteiger partial charge on any atom is -0.440 e. The number of carbonyl (C=O) groups excluding carboxylic acids is 1. The Hall–Kier alpha value is -2.62. The number of aromatic nitrogens is 1. The Labute approximate surface area is 141 Å². The molecule has 24 heavy (non-hydrogen) atoms. The van der Waals surface area contributed by atoms with Gasteiger partial charge in [0.2, 0.25) is 5.91 Å². The Bertz CT molecular complexity index is 863. The van der Waals surface area contributed by atoms with E-state index in [9.17, 15) is 4.79 Å². The topological polar surface area (TPSA) is 55.1 Å². The maximum atomic E-state index is 11.6. The molecule has 3 rings (SSSR count). The van der Waals surface area contributed by atoms with Crippen molar-refractivity contribution in [2.45, 2.75) is 40.0 Å². The van der Waals surface area contributed by atoms with E-state index in [1.807, 2.05) is 44.2 Å². The molecular weight excluding hydrogens is 300 g/mol. The molecule has 0 aliphatic carbocycles. The van der Waals surface area contributed by atoms with E-state index in [1.165, 1.54) is 5.56 Å². The molecule has 1 amide bonds. The van der Waals surface area contributed by atoms with Crippen molar-refractivity contribution in [3.05, 3.63) is 59.0 Å². The van der Waals surface area contributed by atoms with Crippen molar-refractivity contribution in [2.75, 3.05) is 5.32 Å². The smallest absolute Gasteiger partial charge is 0.224 e. The van der Waals surface area contributed by atoms with Crippen molar-refractivity contribution in [2.24, 2.45) is 0 Å². The first kappa shape index (κ1) is 16.2. The molecule has 1 N–H and O–H groups in total. The van der Waals surface area contributed by atoms with Crippen molar-refractivity contribution < 1.29 is 9.21 Å². The highest BCUT2D eigenvalue weighted by Gasteiger charge is 2.10. The minimum absolute atomic E-state index is 0.0510. The van der Waals surface area contributed by atoms with E-state index < -0.39 is 0 Å². The molecule has 0 aliphatic rings. The molecule has 3 aromatic rings. The quantitative estimate of drug-likeness (QED) is 0.736. The molecule has 0 atom stereocenters. The third-order valence-electron chi connectivity index (χ3n) is 3.93. The molecule has 0 aliphatic heterocycles. The molecule has 0 unspecified atom stereocenters. The molecule has 124 valence electrons. The van der Waals surface area contributed by atoms with Gasteiger partial charge in [0.15, 0.2) is 11.5 Å². The minimum atomic E-state index is 0.0510. The predicted molar refractivity (Wildman–Crippen MR) is 96.3 cm³/mol. The summed E-state index contributed by atoms with van der Waals surface area (Å²) in [5.74, 6) is 0.761. The third-order valence-corrected chi connectivity index (χ3v) is 3.93. The summed E-state index contributed by atoms with van der Waals surface area (Å²) in [7, 11) is 0. The molecule has 0 radical (unpaired) electrons. The number of fused-ring (bicyclic) bond motifs is 1. The van der Waals surface area contributed by atoms with Gasteiger partial charge in [-0.3, -0.25) is 4.79 Å². The highest BCUT2D eigenvalue weighted by atomic mass is 16.3. The van der Waals surface area contributed by atoms with Gasteiger partial charge in [0.1, 0.15) is 5.52 Å². The Morgan fingerprint density at radius 1 is 1.17 bits per heavy atom. The summed E-state index contributed by atoms with van der Waals surface area (Å²) in [4.78, 5) is 16.2. The molecule has 1 heterocycles. The standard InChI is InChI=1S/C20H22N2O2/c1-4-5-18(23)21-16-8-6-15(7-9-16)12-19-22-17-11-13(2)10-14(3)20(17)24-19/h6-11H,4-5,12H2,1-3H3,(H,21,23). The van der Waals surface area contributed by atoms with Gasteiger partial charge in [-0.05, 0) is 55.2 Å². The molecule has 1 aromatic heterocycles. The lowest BCUT2D eigenvalue weighted by atomic mass is 10.1. The lowest BCUT2D eigenvalue weighted by molar-refractivity contribution is -0.116. The normalized spacial score (nSPS) is 11.0. The molecule has 2 aromatic carbocycles. The summed E-state index contributed by atoms with van der Waals surface area (Å²) in [5, 5.41) is 2.89. The Balaban J connectivity index is 1.74. The number of amides is 1.